The van der Waals surface area contributed by atoms with Crippen LogP contribution in [0.15, 0.2) is 30.3 Å². The van der Waals surface area contributed by atoms with E-state index in [1.165, 1.54) is 5.75 Å². The summed E-state index contributed by atoms with van der Waals surface area (Å²) in [5, 5.41) is 0.677. The molecule has 1 aromatic carbocycles. The summed E-state index contributed by atoms with van der Waals surface area (Å²) in [6.07, 6.45) is 0. The van der Waals surface area contributed by atoms with Gasteiger partial charge in [-0.05, 0) is 0 Å². The van der Waals surface area contributed by atoms with Crippen LogP contribution in [0, 0.1) is 5.41 Å². The van der Waals surface area contributed by atoms with Crippen molar-refractivity contribution in [3.63, 3.8) is 0 Å². The molecule has 1 fully saturated rings. The highest BCUT2D eigenvalue weighted by Gasteiger charge is 2.32. The lowest BCUT2D eigenvalue weighted by Gasteiger charge is -2.36. The van der Waals surface area contributed by atoms with E-state index in [-0.39, 0.29) is 11.2 Å². The van der Waals surface area contributed by atoms with Crippen LogP contribution in [0.3, 0.4) is 0 Å². The maximum Gasteiger partial charge on any atom is 0.169 e. The molecule has 0 amide bonds. The van der Waals surface area contributed by atoms with Gasteiger partial charge in [-0.1, -0.05) is 51.1 Å². The number of hydrogen-bond acceptors (Lipinski definition) is 3. The third-order valence-corrected chi connectivity index (χ3v) is 4.73. The van der Waals surface area contributed by atoms with E-state index < -0.39 is 0 Å². The van der Waals surface area contributed by atoms with Crippen molar-refractivity contribution in [1.29, 1.82) is 0 Å². The third kappa shape index (κ3) is 3.83. The molecule has 1 saturated heterocycles. The second-order valence-electron chi connectivity index (χ2n) is 6.00. The van der Waals surface area contributed by atoms with Crippen LogP contribution < -0.4 is 0 Å². The summed E-state index contributed by atoms with van der Waals surface area (Å²) in [6, 6.07) is 9.65. The van der Waals surface area contributed by atoms with Crippen molar-refractivity contribution in [2.75, 3.05) is 25.4 Å². The molecule has 0 spiro atoms. The standard InChI is InChI=1S/C16H23NOS/c1-13-11-17(9-10-19-13)12-16(2,3)15(18)14-7-5-4-6-8-14/h4-8,13H,9-12H2,1-3H3. The molecule has 19 heavy (non-hydrogen) atoms. The van der Waals surface area contributed by atoms with E-state index in [4.69, 9.17) is 0 Å². The average molecular weight is 277 g/mol. The minimum Gasteiger partial charge on any atom is -0.300 e. The van der Waals surface area contributed by atoms with Gasteiger partial charge in [-0.2, -0.15) is 11.8 Å². The summed E-state index contributed by atoms with van der Waals surface area (Å²) in [5.74, 6) is 1.43. The molecular formula is C16H23NOS. The average Bonchev–Trinajstić information content (AvgIpc) is 2.38. The van der Waals surface area contributed by atoms with Crippen LogP contribution >= 0.6 is 11.8 Å². The van der Waals surface area contributed by atoms with Gasteiger partial charge in [0.05, 0.1) is 0 Å². The van der Waals surface area contributed by atoms with Crippen LogP contribution in [-0.4, -0.2) is 41.3 Å². The molecule has 0 saturated carbocycles. The SMILES string of the molecule is CC1CN(CC(C)(C)C(=O)c2ccccc2)CCS1. The van der Waals surface area contributed by atoms with E-state index in [9.17, 15) is 4.79 Å². The van der Waals surface area contributed by atoms with Crippen LogP contribution in [0.25, 0.3) is 0 Å². The Hall–Kier alpha value is -0.800. The minimum absolute atomic E-state index is 0.249. The van der Waals surface area contributed by atoms with Crippen molar-refractivity contribution in [3.05, 3.63) is 35.9 Å². The first-order valence-corrected chi connectivity index (χ1v) is 7.98. The van der Waals surface area contributed by atoms with Gasteiger partial charge in [-0.15, -0.1) is 0 Å². The molecule has 1 aliphatic heterocycles. The van der Waals surface area contributed by atoms with E-state index >= 15 is 0 Å². The first-order valence-electron chi connectivity index (χ1n) is 6.93. The molecule has 2 rings (SSSR count). The number of nitrogens with zero attached hydrogens (tertiary/aromatic N) is 1. The van der Waals surface area contributed by atoms with Crippen molar-refractivity contribution in [3.8, 4) is 0 Å². The van der Waals surface area contributed by atoms with Gasteiger partial charge in [0, 0.05) is 41.6 Å². The number of carbonyl (C=O) groups excluding carboxylic acids is 1. The lowest BCUT2D eigenvalue weighted by atomic mass is 9.83. The Labute approximate surface area is 120 Å². The Balaban J connectivity index is 2.03. The summed E-state index contributed by atoms with van der Waals surface area (Å²) in [5.41, 5.74) is 0.509. The quantitative estimate of drug-likeness (QED) is 0.787. The number of ketones is 1. The summed E-state index contributed by atoms with van der Waals surface area (Å²) < 4.78 is 0. The smallest absolute Gasteiger partial charge is 0.169 e. The molecule has 2 nitrogen and oxygen atoms in total. The second-order valence-corrected chi connectivity index (χ2v) is 7.54. The largest absolute Gasteiger partial charge is 0.300 e. The number of hydrogen-bond donors (Lipinski definition) is 0. The van der Waals surface area contributed by atoms with Crippen molar-refractivity contribution in [2.45, 2.75) is 26.0 Å². The normalized spacial score (nSPS) is 21.3. The van der Waals surface area contributed by atoms with E-state index in [0.29, 0.717) is 5.25 Å². The van der Waals surface area contributed by atoms with Crippen LogP contribution in [-0.2, 0) is 0 Å². The van der Waals surface area contributed by atoms with Gasteiger partial charge >= 0.3 is 0 Å². The molecular weight excluding hydrogens is 254 g/mol. The zero-order valence-corrected chi connectivity index (χ0v) is 12.9. The summed E-state index contributed by atoms with van der Waals surface area (Å²) in [6.45, 7) is 9.44. The molecule has 0 aliphatic carbocycles. The van der Waals surface area contributed by atoms with Gasteiger partial charge in [-0.3, -0.25) is 4.79 Å². The van der Waals surface area contributed by atoms with E-state index in [1.54, 1.807) is 0 Å². The molecule has 1 unspecified atom stereocenters. The second kappa shape index (κ2) is 6.10. The number of carbonyl (C=O) groups is 1. The Morgan fingerprint density at radius 2 is 2.05 bits per heavy atom. The van der Waals surface area contributed by atoms with Crippen molar-refractivity contribution < 1.29 is 4.79 Å². The fourth-order valence-corrected chi connectivity index (χ4v) is 3.73. The molecule has 0 N–H and O–H groups in total. The van der Waals surface area contributed by atoms with Crippen LogP contribution in [0.2, 0.25) is 0 Å². The highest BCUT2D eigenvalue weighted by Crippen LogP contribution is 2.26. The van der Waals surface area contributed by atoms with Crippen molar-refractivity contribution in [2.24, 2.45) is 5.41 Å². The highest BCUT2D eigenvalue weighted by atomic mass is 32.2. The molecule has 0 aromatic heterocycles. The maximum atomic E-state index is 12.6. The Morgan fingerprint density at radius 1 is 1.37 bits per heavy atom. The molecule has 1 heterocycles. The molecule has 0 radical (unpaired) electrons. The number of benzene rings is 1. The maximum absolute atomic E-state index is 12.6. The fourth-order valence-electron chi connectivity index (χ4n) is 2.65. The summed E-state index contributed by atoms with van der Waals surface area (Å²) in [4.78, 5) is 15.0. The van der Waals surface area contributed by atoms with Gasteiger partial charge < -0.3 is 4.90 Å². The Morgan fingerprint density at radius 3 is 2.68 bits per heavy atom. The molecule has 0 bridgehead atoms. The predicted molar refractivity (Wildman–Crippen MR) is 82.9 cm³/mol. The summed E-state index contributed by atoms with van der Waals surface area (Å²) >= 11 is 2.03. The first-order chi connectivity index (χ1) is 8.99. The Bertz CT molecular complexity index is 430. The van der Waals surface area contributed by atoms with Crippen molar-refractivity contribution in [1.82, 2.24) is 4.90 Å². The fraction of sp³-hybridized carbons (Fsp3) is 0.562. The first kappa shape index (κ1) is 14.6. The van der Waals surface area contributed by atoms with Crippen molar-refractivity contribution >= 4 is 17.5 Å². The number of Topliss-reactive ketones (excluding diaryl/α,β-unsaturated/α-hetero) is 1. The zero-order chi connectivity index (χ0) is 13.9. The minimum atomic E-state index is -0.316. The molecule has 104 valence electrons. The number of rotatable bonds is 4. The van der Waals surface area contributed by atoms with Crippen LogP contribution in [0.1, 0.15) is 31.1 Å². The van der Waals surface area contributed by atoms with Gasteiger partial charge in [0.25, 0.3) is 0 Å². The Kier molecular flexibility index (Phi) is 4.69. The van der Waals surface area contributed by atoms with Crippen LogP contribution in [0.5, 0.6) is 0 Å². The van der Waals surface area contributed by atoms with Gasteiger partial charge in [0.2, 0.25) is 0 Å². The predicted octanol–water partition coefficient (Wildman–Crippen LogP) is 3.33. The summed E-state index contributed by atoms with van der Waals surface area (Å²) in [7, 11) is 0. The van der Waals surface area contributed by atoms with Gasteiger partial charge in [0.15, 0.2) is 5.78 Å². The molecule has 3 heteroatoms. The lowest BCUT2D eigenvalue weighted by Crippen LogP contribution is -2.44. The lowest BCUT2D eigenvalue weighted by molar-refractivity contribution is 0.0767. The van der Waals surface area contributed by atoms with Crippen LogP contribution in [0.4, 0.5) is 0 Å². The molecule has 1 aromatic rings. The van der Waals surface area contributed by atoms with E-state index in [0.717, 1.165) is 25.2 Å². The monoisotopic (exact) mass is 277 g/mol. The molecule has 1 atom stereocenters. The van der Waals surface area contributed by atoms with Gasteiger partial charge in [0.1, 0.15) is 0 Å². The van der Waals surface area contributed by atoms with E-state index in [2.05, 4.69) is 25.7 Å². The topological polar surface area (TPSA) is 20.3 Å². The van der Waals surface area contributed by atoms with E-state index in [1.807, 2.05) is 42.1 Å². The van der Waals surface area contributed by atoms with Gasteiger partial charge in [-0.25, -0.2) is 0 Å². The molecule has 1 aliphatic rings. The number of thioether (sulfide) groups is 1. The highest BCUT2D eigenvalue weighted by molar-refractivity contribution is 7.99. The third-order valence-electron chi connectivity index (χ3n) is 3.59. The zero-order valence-electron chi connectivity index (χ0n) is 12.1.